The fraction of sp³-hybridized carbons (Fsp3) is 0.367. The molecule has 0 radical (unpaired) electrons. The van der Waals surface area contributed by atoms with Gasteiger partial charge in [-0.1, -0.05) is 151 Å². The van der Waals surface area contributed by atoms with Crippen molar-refractivity contribution >= 4 is 39.1 Å². The van der Waals surface area contributed by atoms with Crippen LogP contribution in [0.15, 0.2) is 135 Å². The van der Waals surface area contributed by atoms with Gasteiger partial charge in [0, 0.05) is 6.42 Å². The lowest BCUT2D eigenvalue weighted by atomic mass is 10.0. The van der Waals surface area contributed by atoms with E-state index in [1.807, 2.05) is 72.8 Å². The van der Waals surface area contributed by atoms with Crippen molar-refractivity contribution in [2.24, 2.45) is 0 Å². The Morgan fingerprint density at radius 3 is 1.89 bits per heavy atom. The molecule has 0 heterocycles. The molecule has 304 valence electrons. The van der Waals surface area contributed by atoms with Crippen LogP contribution in [0.5, 0.6) is 11.5 Å². The van der Waals surface area contributed by atoms with Crippen LogP contribution in [0.4, 0.5) is 0 Å². The number of aliphatic hydroxyl groups is 1. The molecule has 0 amide bonds. The number of hydrogen-bond donors (Lipinski definition) is 1. The Hall–Kier alpha value is -4.48. The summed E-state index contributed by atoms with van der Waals surface area (Å²) in [4.78, 5) is 14.6. The van der Waals surface area contributed by atoms with Crippen molar-refractivity contribution < 1.29 is 28.2 Å². The number of carbonyl (C=O) groups is 1. The zero-order chi connectivity index (χ0) is 41.9. The van der Waals surface area contributed by atoms with Crippen molar-refractivity contribution in [3.8, 4) is 11.5 Å². The van der Waals surface area contributed by atoms with Gasteiger partial charge < -0.3 is 23.4 Å². The van der Waals surface area contributed by atoms with Crippen LogP contribution in [-0.2, 0) is 15.6 Å². The van der Waals surface area contributed by atoms with Crippen LogP contribution in [0.2, 0.25) is 23.2 Å². The molecular formula is C49H64O6Si2. The minimum atomic E-state index is -2.93. The van der Waals surface area contributed by atoms with Gasteiger partial charge in [-0.2, -0.15) is 0 Å². The topological polar surface area (TPSA) is 74.2 Å². The van der Waals surface area contributed by atoms with Gasteiger partial charge in [-0.3, -0.25) is 0 Å². The predicted molar refractivity (Wildman–Crippen MR) is 242 cm³/mol. The second-order valence-corrected chi connectivity index (χ2v) is 26.2. The summed E-state index contributed by atoms with van der Waals surface area (Å²) in [5.41, 5.74) is 2.15. The van der Waals surface area contributed by atoms with Crippen molar-refractivity contribution in [2.45, 2.75) is 109 Å². The fourth-order valence-electron chi connectivity index (χ4n) is 6.81. The first kappa shape index (κ1) is 45.2. The number of benzene rings is 4. The third-order valence-electron chi connectivity index (χ3n) is 11.1. The van der Waals surface area contributed by atoms with Crippen molar-refractivity contribution in [1.82, 2.24) is 0 Å². The van der Waals surface area contributed by atoms with Gasteiger partial charge >= 0.3 is 5.97 Å². The fourth-order valence-corrected chi connectivity index (χ4v) is 12.4. The molecular weight excluding hydrogens is 741 g/mol. The number of methoxy groups -OCH3 is 1. The molecule has 0 aliphatic carbocycles. The standard InChI is InChI=1S/C49H64O6Si2/c1-12-39(50)36-42(24-20-22-37-30-33-41(52-9)34-31-37)53-47(51)46-38(23-21-29-45(46)55-56(10,11)48(3,4)5)32-35-40(13-2)54-57(49(6,7)8,43-25-16-14-17-26-43)44-27-18-15-19-28-44/h12-19,21,23,25-35,39-40,42,50H,1-2,20,22,24,36H2,3-11H3/b35-32+/t39-,40+,42-/m0/s1. The maximum absolute atomic E-state index is 14.6. The molecule has 0 saturated carbocycles. The summed E-state index contributed by atoms with van der Waals surface area (Å²) >= 11 is 0. The number of hydrogen-bond acceptors (Lipinski definition) is 6. The molecule has 0 aliphatic rings. The Bertz CT molecular complexity index is 1890. The van der Waals surface area contributed by atoms with Crippen LogP contribution in [0, 0.1) is 0 Å². The molecule has 57 heavy (non-hydrogen) atoms. The summed E-state index contributed by atoms with van der Waals surface area (Å²) in [7, 11) is -3.67. The number of aryl methyl sites for hydroxylation is 1. The number of carbonyl (C=O) groups excluding carboxylic acids is 1. The van der Waals surface area contributed by atoms with E-state index in [4.69, 9.17) is 18.3 Å². The largest absolute Gasteiger partial charge is 0.543 e. The van der Waals surface area contributed by atoms with Crippen molar-refractivity contribution in [2.75, 3.05) is 7.11 Å². The van der Waals surface area contributed by atoms with Crippen LogP contribution in [0.1, 0.15) is 82.3 Å². The van der Waals surface area contributed by atoms with E-state index in [2.05, 4.69) is 116 Å². The highest BCUT2D eigenvalue weighted by Crippen LogP contribution is 2.40. The predicted octanol–water partition coefficient (Wildman–Crippen LogP) is 10.7. The molecule has 0 aromatic heterocycles. The molecule has 6 nitrogen and oxygen atoms in total. The molecule has 1 N–H and O–H groups in total. The molecule has 4 aromatic carbocycles. The zero-order valence-electron chi connectivity index (χ0n) is 35.6. The van der Waals surface area contributed by atoms with E-state index < -0.39 is 40.9 Å². The van der Waals surface area contributed by atoms with E-state index >= 15 is 0 Å². The van der Waals surface area contributed by atoms with Gasteiger partial charge in [0.2, 0.25) is 0 Å². The molecule has 0 unspecified atom stereocenters. The van der Waals surface area contributed by atoms with E-state index in [-0.39, 0.29) is 16.5 Å². The first-order valence-corrected chi connectivity index (χ1v) is 24.8. The smallest absolute Gasteiger partial charge is 0.342 e. The average molecular weight is 805 g/mol. The minimum absolute atomic E-state index is 0.115. The van der Waals surface area contributed by atoms with Gasteiger partial charge in [0.05, 0.1) is 19.3 Å². The third kappa shape index (κ3) is 11.6. The van der Waals surface area contributed by atoms with E-state index in [1.54, 1.807) is 7.11 Å². The summed E-state index contributed by atoms with van der Waals surface area (Å²) in [5, 5.41) is 12.6. The lowest BCUT2D eigenvalue weighted by molar-refractivity contribution is 0.0164. The van der Waals surface area contributed by atoms with Crippen LogP contribution >= 0.6 is 0 Å². The van der Waals surface area contributed by atoms with Gasteiger partial charge in [-0.15, -0.1) is 13.2 Å². The van der Waals surface area contributed by atoms with Gasteiger partial charge in [0.1, 0.15) is 23.2 Å². The molecule has 0 bridgehead atoms. The van der Waals surface area contributed by atoms with Gasteiger partial charge in [0.15, 0.2) is 0 Å². The summed E-state index contributed by atoms with van der Waals surface area (Å²) in [6.45, 7) is 25.6. The van der Waals surface area contributed by atoms with Crippen LogP contribution in [-0.4, -0.2) is 53.1 Å². The summed E-state index contributed by atoms with van der Waals surface area (Å²) < 4.78 is 25.9. The SMILES string of the molecule is C=C[C@H](/C=C/c1cccc(O[Si](C)(C)C(C)(C)C)c1C(=O)O[C@@H](CCCc1ccc(OC)cc1)C[C@@H](O)C=C)O[Si](c1ccccc1)(c1ccccc1)C(C)(C)C. The quantitative estimate of drug-likeness (QED) is 0.0578. The van der Waals surface area contributed by atoms with Crippen LogP contribution in [0.25, 0.3) is 6.08 Å². The lowest BCUT2D eigenvalue weighted by Gasteiger charge is -2.44. The Kier molecular flexibility index (Phi) is 15.7. The first-order chi connectivity index (χ1) is 27.0. The summed E-state index contributed by atoms with van der Waals surface area (Å²) in [5.74, 6) is 0.785. The normalized spacial score (nSPS) is 14.1. The van der Waals surface area contributed by atoms with Crippen molar-refractivity contribution in [1.29, 1.82) is 0 Å². The Labute approximate surface area is 344 Å². The van der Waals surface area contributed by atoms with E-state index in [0.29, 0.717) is 23.3 Å². The number of rotatable bonds is 19. The molecule has 0 spiro atoms. The number of esters is 1. The highest BCUT2D eigenvalue weighted by Gasteiger charge is 2.51. The van der Waals surface area contributed by atoms with Gasteiger partial charge in [-0.25, -0.2) is 4.79 Å². The highest BCUT2D eigenvalue weighted by molar-refractivity contribution is 6.99. The summed E-state index contributed by atoms with van der Waals surface area (Å²) in [6, 6.07) is 34.7. The van der Waals surface area contributed by atoms with Crippen molar-refractivity contribution in [3.05, 3.63) is 151 Å². The van der Waals surface area contributed by atoms with E-state index in [9.17, 15) is 9.90 Å². The van der Waals surface area contributed by atoms with Gasteiger partial charge in [-0.05, 0) is 82.1 Å². The average Bonchev–Trinajstić information content (AvgIpc) is 3.17. The Morgan fingerprint density at radius 2 is 1.39 bits per heavy atom. The summed E-state index contributed by atoms with van der Waals surface area (Å²) in [6.07, 6.45) is 7.67. The monoisotopic (exact) mass is 804 g/mol. The van der Waals surface area contributed by atoms with Crippen molar-refractivity contribution in [3.63, 3.8) is 0 Å². The number of aliphatic hydroxyl groups excluding tert-OH is 1. The van der Waals surface area contributed by atoms with Crippen LogP contribution < -0.4 is 19.5 Å². The molecule has 4 rings (SSSR count). The van der Waals surface area contributed by atoms with Crippen LogP contribution in [0.3, 0.4) is 0 Å². The Balaban J connectivity index is 1.74. The van der Waals surface area contributed by atoms with Gasteiger partial charge in [0.25, 0.3) is 16.6 Å². The molecule has 3 atom stereocenters. The highest BCUT2D eigenvalue weighted by atomic mass is 28.4. The molecule has 0 aliphatic heterocycles. The third-order valence-corrected chi connectivity index (χ3v) is 20.4. The molecule has 0 fully saturated rings. The minimum Gasteiger partial charge on any atom is -0.543 e. The molecule has 8 heteroatoms. The van der Waals surface area contributed by atoms with E-state index in [0.717, 1.165) is 34.5 Å². The Morgan fingerprint density at radius 1 is 0.789 bits per heavy atom. The zero-order valence-corrected chi connectivity index (χ0v) is 37.6. The van der Waals surface area contributed by atoms with E-state index in [1.165, 1.54) is 6.08 Å². The first-order valence-electron chi connectivity index (χ1n) is 20.0. The lowest BCUT2D eigenvalue weighted by Crippen LogP contribution is -2.67. The number of ether oxygens (including phenoxy) is 2. The maximum Gasteiger partial charge on any atom is 0.342 e. The maximum atomic E-state index is 14.6. The molecule has 4 aromatic rings. The second-order valence-electron chi connectivity index (χ2n) is 17.2. The molecule has 0 saturated heterocycles. The second kappa shape index (κ2) is 19.8.